The van der Waals surface area contributed by atoms with Crippen LogP contribution < -0.4 is 15.0 Å². The normalized spacial score (nSPS) is 15.0. The molecule has 5 nitrogen and oxygen atoms in total. The number of benzene rings is 2. The Balaban J connectivity index is 1.78. The molecule has 2 amide bonds. The zero-order chi connectivity index (χ0) is 19.6. The molecule has 7 heteroatoms. The lowest BCUT2D eigenvalue weighted by Gasteiger charge is -2.19. The fourth-order valence-electron chi connectivity index (χ4n) is 3.08. The van der Waals surface area contributed by atoms with Crippen molar-refractivity contribution < 1.29 is 18.7 Å². The first kappa shape index (κ1) is 19.2. The van der Waals surface area contributed by atoms with Gasteiger partial charge in [-0.15, -0.1) is 0 Å². The Hall–Kier alpha value is -2.60. The van der Waals surface area contributed by atoms with Gasteiger partial charge in [-0.25, -0.2) is 4.39 Å². The van der Waals surface area contributed by atoms with Crippen LogP contribution in [-0.2, 0) is 4.79 Å². The van der Waals surface area contributed by atoms with Gasteiger partial charge in [0, 0.05) is 18.5 Å². The van der Waals surface area contributed by atoms with E-state index in [1.54, 1.807) is 36.1 Å². The Morgan fingerprint density at radius 3 is 2.70 bits per heavy atom. The summed E-state index contributed by atoms with van der Waals surface area (Å²) in [6, 6.07) is 8.96. The Labute approximate surface area is 162 Å². The van der Waals surface area contributed by atoms with Gasteiger partial charge in [0.05, 0.1) is 23.9 Å². The summed E-state index contributed by atoms with van der Waals surface area (Å²) in [6.07, 6.45) is 1.25. The Morgan fingerprint density at radius 2 is 2.07 bits per heavy atom. The van der Waals surface area contributed by atoms with Gasteiger partial charge in [0.25, 0.3) is 5.91 Å². The third-order valence-electron chi connectivity index (χ3n) is 4.60. The maximum absolute atomic E-state index is 13.9. The molecular weight excluding hydrogens is 371 g/mol. The van der Waals surface area contributed by atoms with Crippen molar-refractivity contribution in [2.24, 2.45) is 0 Å². The molecule has 0 radical (unpaired) electrons. The molecule has 2 aromatic carbocycles. The van der Waals surface area contributed by atoms with Gasteiger partial charge in [-0.2, -0.15) is 0 Å². The van der Waals surface area contributed by atoms with Crippen molar-refractivity contribution in [2.45, 2.75) is 25.8 Å². The molecule has 0 aromatic heterocycles. The third kappa shape index (κ3) is 4.06. The highest BCUT2D eigenvalue weighted by molar-refractivity contribution is 6.34. The van der Waals surface area contributed by atoms with Crippen LogP contribution in [0.1, 0.15) is 41.7 Å². The van der Waals surface area contributed by atoms with Crippen LogP contribution in [0, 0.1) is 5.82 Å². The van der Waals surface area contributed by atoms with Crippen LogP contribution >= 0.6 is 11.6 Å². The highest BCUT2D eigenvalue weighted by atomic mass is 35.5. The standard InChI is InChI=1S/C20H20ClFN2O3/c1-12(13-6-8-18(27-2)16(22)10-13)23-20(26)14-5-7-15(21)17(11-14)24-9-3-4-19(24)25/h5-8,10-12H,3-4,9H2,1-2H3,(H,23,26)/t12-/m1/s1. The number of nitrogens with one attached hydrogen (secondary N) is 1. The first-order chi connectivity index (χ1) is 12.9. The molecule has 1 heterocycles. The van der Waals surface area contributed by atoms with Crippen molar-refractivity contribution in [2.75, 3.05) is 18.6 Å². The molecular formula is C20H20ClFN2O3. The zero-order valence-corrected chi connectivity index (χ0v) is 15.8. The number of carbonyl (C=O) groups excluding carboxylic acids is 2. The number of carbonyl (C=O) groups is 2. The minimum Gasteiger partial charge on any atom is -0.494 e. The minimum absolute atomic E-state index is 0.00321. The van der Waals surface area contributed by atoms with E-state index in [2.05, 4.69) is 5.32 Å². The molecule has 1 N–H and O–H groups in total. The molecule has 1 aliphatic heterocycles. The predicted octanol–water partition coefficient (Wildman–Crippen LogP) is 4.11. The molecule has 2 aromatic rings. The second-order valence-electron chi connectivity index (χ2n) is 6.40. The number of amides is 2. The number of methoxy groups -OCH3 is 1. The average Bonchev–Trinajstić information content (AvgIpc) is 3.07. The summed E-state index contributed by atoms with van der Waals surface area (Å²) in [5.41, 5.74) is 1.54. The molecule has 0 spiro atoms. The Kier molecular flexibility index (Phi) is 5.65. The van der Waals surface area contributed by atoms with Crippen LogP contribution in [0.15, 0.2) is 36.4 Å². The first-order valence-electron chi connectivity index (χ1n) is 8.65. The van der Waals surface area contributed by atoms with Crippen LogP contribution in [0.5, 0.6) is 5.75 Å². The summed E-state index contributed by atoms with van der Waals surface area (Å²) in [5, 5.41) is 3.26. The van der Waals surface area contributed by atoms with Crippen molar-refractivity contribution in [3.8, 4) is 5.75 Å². The van der Waals surface area contributed by atoms with Crippen molar-refractivity contribution in [3.05, 3.63) is 58.4 Å². The lowest BCUT2D eigenvalue weighted by atomic mass is 10.1. The van der Waals surface area contributed by atoms with Gasteiger partial charge in [0.15, 0.2) is 11.6 Å². The van der Waals surface area contributed by atoms with Crippen molar-refractivity contribution >= 4 is 29.1 Å². The SMILES string of the molecule is COc1ccc([C@@H](C)NC(=O)c2ccc(Cl)c(N3CCCC3=O)c2)cc1F. The highest BCUT2D eigenvalue weighted by Gasteiger charge is 2.24. The Morgan fingerprint density at radius 1 is 1.30 bits per heavy atom. The van der Waals surface area contributed by atoms with E-state index in [0.29, 0.717) is 34.8 Å². The molecule has 0 bridgehead atoms. The maximum atomic E-state index is 13.9. The third-order valence-corrected chi connectivity index (χ3v) is 4.92. The summed E-state index contributed by atoms with van der Waals surface area (Å²) in [6.45, 7) is 2.35. The van der Waals surface area contributed by atoms with E-state index in [4.69, 9.17) is 16.3 Å². The van der Waals surface area contributed by atoms with Gasteiger partial charge < -0.3 is 15.0 Å². The van der Waals surface area contributed by atoms with Crippen LogP contribution in [-0.4, -0.2) is 25.5 Å². The summed E-state index contributed by atoms with van der Waals surface area (Å²) in [5.74, 6) is -0.674. The number of anilines is 1. The van der Waals surface area contributed by atoms with E-state index in [1.807, 2.05) is 0 Å². The van der Waals surface area contributed by atoms with Gasteiger partial charge in [-0.3, -0.25) is 9.59 Å². The molecule has 0 unspecified atom stereocenters. The van der Waals surface area contributed by atoms with E-state index in [0.717, 1.165) is 6.42 Å². The van der Waals surface area contributed by atoms with E-state index < -0.39 is 11.9 Å². The van der Waals surface area contributed by atoms with Crippen LogP contribution in [0.25, 0.3) is 0 Å². The molecule has 1 aliphatic rings. The number of ether oxygens (including phenoxy) is 1. The summed E-state index contributed by atoms with van der Waals surface area (Å²) in [4.78, 5) is 26.2. The fraction of sp³-hybridized carbons (Fsp3) is 0.300. The van der Waals surface area contributed by atoms with Crippen LogP contribution in [0.3, 0.4) is 0 Å². The smallest absolute Gasteiger partial charge is 0.251 e. The first-order valence-corrected chi connectivity index (χ1v) is 9.02. The lowest BCUT2D eigenvalue weighted by molar-refractivity contribution is -0.117. The lowest BCUT2D eigenvalue weighted by Crippen LogP contribution is -2.28. The molecule has 27 heavy (non-hydrogen) atoms. The molecule has 3 rings (SSSR count). The molecule has 142 valence electrons. The van der Waals surface area contributed by atoms with Gasteiger partial charge in [-0.05, 0) is 49.2 Å². The Bertz CT molecular complexity index is 888. The quantitative estimate of drug-likeness (QED) is 0.836. The van der Waals surface area contributed by atoms with Crippen molar-refractivity contribution in [3.63, 3.8) is 0 Å². The molecule has 1 fully saturated rings. The van der Waals surface area contributed by atoms with Crippen LogP contribution in [0.4, 0.5) is 10.1 Å². The molecule has 0 saturated carbocycles. The van der Waals surface area contributed by atoms with Gasteiger partial charge in [0.1, 0.15) is 0 Å². The topological polar surface area (TPSA) is 58.6 Å². The number of nitrogens with zero attached hydrogens (tertiary/aromatic N) is 1. The van der Waals surface area contributed by atoms with Crippen molar-refractivity contribution in [1.29, 1.82) is 0 Å². The second kappa shape index (κ2) is 7.96. The zero-order valence-electron chi connectivity index (χ0n) is 15.1. The van der Waals surface area contributed by atoms with Crippen molar-refractivity contribution in [1.82, 2.24) is 5.32 Å². The summed E-state index contributed by atoms with van der Waals surface area (Å²) in [7, 11) is 1.40. The van der Waals surface area contributed by atoms with Gasteiger partial charge in [0.2, 0.25) is 5.91 Å². The van der Waals surface area contributed by atoms with E-state index in [9.17, 15) is 14.0 Å². The van der Waals surface area contributed by atoms with E-state index >= 15 is 0 Å². The monoisotopic (exact) mass is 390 g/mol. The fourth-order valence-corrected chi connectivity index (χ4v) is 3.30. The predicted molar refractivity (Wildman–Crippen MR) is 102 cm³/mol. The summed E-state index contributed by atoms with van der Waals surface area (Å²) >= 11 is 6.21. The second-order valence-corrected chi connectivity index (χ2v) is 6.81. The molecule has 1 saturated heterocycles. The minimum atomic E-state index is -0.488. The van der Waals surface area contributed by atoms with Gasteiger partial charge >= 0.3 is 0 Å². The average molecular weight is 391 g/mol. The van der Waals surface area contributed by atoms with Gasteiger partial charge in [-0.1, -0.05) is 17.7 Å². The molecule has 1 atom stereocenters. The number of hydrogen-bond donors (Lipinski definition) is 1. The number of halogens is 2. The highest BCUT2D eigenvalue weighted by Crippen LogP contribution is 2.30. The maximum Gasteiger partial charge on any atom is 0.251 e. The van der Waals surface area contributed by atoms with E-state index in [1.165, 1.54) is 19.2 Å². The number of hydrogen-bond acceptors (Lipinski definition) is 3. The summed E-state index contributed by atoms with van der Waals surface area (Å²) < 4.78 is 18.8. The molecule has 0 aliphatic carbocycles. The van der Waals surface area contributed by atoms with Crippen LogP contribution in [0.2, 0.25) is 5.02 Å². The largest absolute Gasteiger partial charge is 0.494 e. The number of rotatable bonds is 5. The van der Waals surface area contributed by atoms with E-state index in [-0.39, 0.29) is 17.6 Å².